The quantitative estimate of drug-likeness (QED) is 0.368. The summed E-state index contributed by atoms with van der Waals surface area (Å²) in [5, 5.41) is 19.0. The zero-order valence-corrected chi connectivity index (χ0v) is 21.2. The van der Waals surface area contributed by atoms with Crippen LogP contribution in [0.4, 0.5) is 5.69 Å². The Morgan fingerprint density at radius 2 is 1.79 bits per heavy atom. The van der Waals surface area contributed by atoms with Gasteiger partial charge in [-0.2, -0.15) is 5.10 Å². The second kappa shape index (κ2) is 7.36. The average molecular weight is 528 g/mol. The van der Waals surface area contributed by atoms with Gasteiger partial charge in [0, 0.05) is 30.9 Å². The van der Waals surface area contributed by atoms with Crippen LogP contribution >= 0.6 is 0 Å². The van der Waals surface area contributed by atoms with Gasteiger partial charge in [-0.05, 0) is 37.1 Å². The molecule has 2 aromatic carbocycles. The summed E-state index contributed by atoms with van der Waals surface area (Å²) in [5.41, 5.74) is 0.870. The zero-order valence-electron chi connectivity index (χ0n) is 20.4. The minimum atomic E-state index is -4.14. The molecule has 1 unspecified atom stereocenters. The number of H-pyrrole nitrogens is 1. The molecule has 0 radical (unpaired) electrons. The first kappa shape index (κ1) is 22.8. The van der Waals surface area contributed by atoms with Gasteiger partial charge < -0.3 is 10.0 Å². The normalized spacial score (nSPS) is 19.8. The van der Waals surface area contributed by atoms with Crippen LogP contribution in [0.2, 0.25) is 0 Å². The van der Waals surface area contributed by atoms with E-state index in [-0.39, 0.29) is 27.5 Å². The Morgan fingerprint density at radius 1 is 1.05 bits per heavy atom. The molecule has 10 nitrogen and oxygen atoms in total. The number of aliphatic hydroxyl groups is 1. The third-order valence-electron chi connectivity index (χ3n) is 7.58. The van der Waals surface area contributed by atoms with Crippen LogP contribution < -0.4 is 4.90 Å². The number of nitrogens with one attached hydrogen (secondary N) is 1. The van der Waals surface area contributed by atoms with Gasteiger partial charge in [-0.15, -0.1) is 0 Å². The largest absolute Gasteiger partial charge is 0.370 e. The Kier molecular flexibility index (Phi) is 4.42. The molecule has 1 amide bonds. The highest BCUT2D eigenvalue weighted by Gasteiger charge is 2.55. The highest BCUT2D eigenvalue weighted by Crippen LogP contribution is 2.46. The number of aromatic amines is 1. The first-order valence-electron chi connectivity index (χ1n) is 12.0. The molecule has 4 heterocycles. The van der Waals surface area contributed by atoms with Crippen molar-refractivity contribution in [3.05, 3.63) is 99.6 Å². The fourth-order valence-corrected chi connectivity index (χ4v) is 7.06. The number of benzene rings is 2. The highest BCUT2D eigenvalue weighted by molar-refractivity contribution is 7.90. The summed E-state index contributed by atoms with van der Waals surface area (Å²) in [6.45, 7) is 2.23. The molecule has 0 spiro atoms. The molecule has 3 aliphatic rings. The van der Waals surface area contributed by atoms with Crippen molar-refractivity contribution in [3.63, 3.8) is 0 Å². The van der Waals surface area contributed by atoms with Crippen LogP contribution in [-0.2, 0) is 26.8 Å². The van der Waals surface area contributed by atoms with Crippen LogP contribution in [0, 0.1) is 6.92 Å². The van der Waals surface area contributed by atoms with Crippen LogP contribution in [0.5, 0.6) is 0 Å². The van der Waals surface area contributed by atoms with Crippen molar-refractivity contribution in [1.29, 1.82) is 0 Å². The van der Waals surface area contributed by atoms with Gasteiger partial charge in [0.1, 0.15) is 11.4 Å². The second-order valence-electron chi connectivity index (χ2n) is 9.72. The maximum absolute atomic E-state index is 14.2. The van der Waals surface area contributed by atoms with E-state index in [1.807, 2.05) is 6.92 Å². The average Bonchev–Trinajstić information content (AvgIpc) is 3.59. The summed E-state index contributed by atoms with van der Waals surface area (Å²) in [4.78, 5) is 33.6. The number of aliphatic imine (C=N–C) groups is 1. The number of rotatable bonds is 3. The van der Waals surface area contributed by atoms with Gasteiger partial charge >= 0.3 is 0 Å². The van der Waals surface area contributed by atoms with Crippen LogP contribution in [0.15, 0.2) is 64.6 Å². The molecular weight excluding hydrogens is 506 g/mol. The van der Waals surface area contributed by atoms with E-state index in [1.165, 1.54) is 23.2 Å². The van der Waals surface area contributed by atoms with Crippen molar-refractivity contribution in [2.45, 2.75) is 23.8 Å². The van der Waals surface area contributed by atoms with Crippen molar-refractivity contribution < 1.29 is 23.1 Å². The lowest BCUT2D eigenvalue weighted by atomic mass is 9.82. The third kappa shape index (κ3) is 2.66. The Bertz CT molecular complexity index is 1870. The number of hydrogen-bond donors (Lipinski definition) is 2. The van der Waals surface area contributed by atoms with Crippen LogP contribution in [0.3, 0.4) is 0 Å². The Hall–Kier alpha value is -4.35. The summed E-state index contributed by atoms with van der Waals surface area (Å²) in [6.07, 6.45) is 1.93. The Labute approximate surface area is 217 Å². The third-order valence-corrected chi connectivity index (χ3v) is 9.25. The summed E-state index contributed by atoms with van der Waals surface area (Å²) >= 11 is 0. The molecule has 190 valence electrons. The number of amides is 1. The molecule has 1 aliphatic carbocycles. The van der Waals surface area contributed by atoms with E-state index < -0.39 is 27.3 Å². The van der Waals surface area contributed by atoms with Gasteiger partial charge in [-0.1, -0.05) is 35.9 Å². The number of fused-ring (bicyclic) bond motifs is 3. The first-order chi connectivity index (χ1) is 18.2. The molecule has 38 heavy (non-hydrogen) atoms. The standard InChI is InChI=1S/C27H21N5O5S/c1-14-7-9-16(10-8-14)38(36,37)32-13-15-11-12-28-21-19(15)23(32)24(33)20-22(21)29-30-25(20)27(35)17-5-3-4-6-18(17)31(2)26(27)34/h3-10,13,35H,11-12H2,1-2H3,(H,29,30). The predicted octanol–water partition coefficient (Wildman–Crippen LogP) is 1.91. The molecule has 0 bridgehead atoms. The van der Waals surface area contributed by atoms with Gasteiger partial charge in [-0.3, -0.25) is 19.7 Å². The number of carbonyl (C=O) groups is 2. The van der Waals surface area contributed by atoms with Crippen LogP contribution in [0.25, 0.3) is 0 Å². The summed E-state index contributed by atoms with van der Waals surface area (Å²) in [6, 6.07) is 13.1. The van der Waals surface area contributed by atoms with Gasteiger partial charge in [-0.25, -0.2) is 12.4 Å². The van der Waals surface area contributed by atoms with Crippen molar-refractivity contribution >= 4 is 33.1 Å². The molecule has 7 rings (SSSR count). The van der Waals surface area contributed by atoms with E-state index in [2.05, 4.69) is 15.2 Å². The van der Waals surface area contributed by atoms with E-state index >= 15 is 0 Å². The monoisotopic (exact) mass is 527 g/mol. The maximum atomic E-state index is 14.2. The number of aromatic nitrogens is 3. The summed E-state index contributed by atoms with van der Waals surface area (Å²) in [5.74, 6) is -1.31. The van der Waals surface area contributed by atoms with Crippen LogP contribution in [0.1, 0.15) is 49.7 Å². The van der Waals surface area contributed by atoms with Crippen molar-refractivity contribution in [3.8, 4) is 0 Å². The van der Waals surface area contributed by atoms with Crippen molar-refractivity contribution in [1.82, 2.24) is 14.2 Å². The highest BCUT2D eigenvalue weighted by atomic mass is 32.2. The van der Waals surface area contributed by atoms with Gasteiger partial charge in [0.25, 0.3) is 15.9 Å². The fourth-order valence-electron chi connectivity index (χ4n) is 5.67. The SMILES string of the molecule is Cc1ccc(S(=O)(=O)n2cc3c4c2C(=O)c2c(n[nH]c2C2(O)C(=O)N(C)c5ccccc52)C4=NCC3)cc1. The Morgan fingerprint density at radius 3 is 2.55 bits per heavy atom. The zero-order chi connectivity index (χ0) is 26.6. The van der Waals surface area contributed by atoms with E-state index in [4.69, 9.17) is 0 Å². The number of nitrogens with zero attached hydrogens (tertiary/aromatic N) is 4. The minimum Gasteiger partial charge on any atom is -0.370 e. The molecule has 0 fully saturated rings. The van der Waals surface area contributed by atoms with E-state index in [0.717, 1.165) is 9.54 Å². The first-order valence-corrected chi connectivity index (χ1v) is 13.4. The van der Waals surface area contributed by atoms with Gasteiger partial charge in [0.2, 0.25) is 11.4 Å². The summed E-state index contributed by atoms with van der Waals surface area (Å²) in [7, 11) is -2.60. The molecule has 0 saturated heterocycles. The molecule has 1 atom stereocenters. The van der Waals surface area contributed by atoms with E-state index in [0.29, 0.717) is 41.1 Å². The molecule has 2 N–H and O–H groups in total. The Balaban J connectivity index is 1.47. The molecule has 11 heteroatoms. The molecule has 2 aliphatic heterocycles. The van der Waals surface area contributed by atoms with Gasteiger partial charge in [0.05, 0.1) is 27.6 Å². The van der Waals surface area contributed by atoms with Crippen molar-refractivity contribution in [2.24, 2.45) is 4.99 Å². The smallest absolute Gasteiger partial charge is 0.269 e. The number of hydrogen-bond acceptors (Lipinski definition) is 7. The van der Waals surface area contributed by atoms with E-state index in [9.17, 15) is 23.1 Å². The number of likely N-dealkylation sites (N-methyl/N-ethyl adjacent to an activating group) is 1. The number of ketones is 1. The lowest BCUT2D eigenvalue weighted by Gasteiger charge is -2.24. The number of aryl methyl sites for hydroxylation is 1. The fraction of sp³-hybridized carbons (Fsp3) is 0.185. The molecule has 2 aromatic heterocycles. The molecule has 0 saturated carbocycles. The van der Waals surface area contributed by atoms with Crippen LogP contribution in [-0.4, -0.2) is 58.7 Å². The predicted molar refractivity (Wildman–Crippen MR) is 137 cm³/mol. The lowest BCUT2D eigenvalue weighted by Crippen LogP contribution is -2.41. The molecular formula is C27H21N5O5S. The lowest BCUT2D eigenvalue weighted by molar-refractivity contribution is -0.132. The second-order valence-corrected chi connectivity index (χ2v) is 11.5. The number of para-hydroxylation sites is 1. The number of anilines is 1. The maximum Gasteiger partial charge on any atom is 0.269 e. The minimum absolute atomic E-state index is 0.0383. The number of carbonyl (C=O) groups excluding carboxylic acids is 2. The topological polar surface area (TPSA) is 138 Å². The van der Waals surface area contributed by atoms with E-state index in [1.54, 1.807) is 43.4 Å². The molecule has 4 aromatic rings. The van der Waals surface area contributed by atoms with Gasteiger partial charge in [0.15, 0.2) is 0 Å². The summed E-state index contributed by atoms with van der Waals surface area (Å²) < 4.78 is 28.5. The van der Waals surface area contributed by atoms with Crippen molar-refractivity contribution in [2.75, 3.05) is 18.5 Å².